The van der Waals surface area contributed by atoms with Gasteiger partial charge in [0.15, 0.2) is 0 Å². The number of aryl methyl sites for hydroxylation is 1. The molecule has 11 heteroatoms. The van der Waals surface area contributed by atoms with Gasteiger partial charge in [0.25, 0.3) is 0 Å². The zero-order valence-corrected chi connectivity index (χ0v) is 21.1. The summed E-state index contributed by atoms with van der Waals surface area (Å²) in [6.45, 7) is 10.9. The summed E-state index contributed by atoms with van der Waals surface area (Å²) in [6.07, 6.45) is -7.83. The van der Waals surface area contributed by atoms with Crippen molar-refractivity contribution >= 4 is 17.5 Å². The number of aliphatic hydroxyl groups is 3. The lowest BCUT2D eigenvalue weighted by molar-refractivity contribution is -0.278. The Morgan fingerprint density at radius 1 is 1.18 bits per heavy atom. The first kappa shape index (κ1) is 26.4. The van der Waals surface area contributed by atoms with E-state index in [1.807, 2.05) is 32.4 Å². The minimum absolute atomic E-state index is 0.0684. The molecule has 0 amide bonds. The van der Waals surface area contributed by atoms with Crippen LogP contribution in [-0.4, -0.2) is 74.7 Å². The van der Waals surface area contributed by atoms with E-state index in [0.717, 1.165) is 16.1 Å². The average molecular weight is 499 g/mol. The number of thiophene rings is 1. The molecule has 10 nitrogen and oxygen atoms in total. The van der Waals surface area contributed by atoms with E-state index in [4.69, 9.17) is 18.9 Å². The van der Waals surface area contributed by atoms with Gasteiger partial charge in [0, 0.05) is 28.6 Å². The second-order valence-corrected chi connectivity index (χ2v) is 10.0. The SMILES string of the molecule is Cc1csc(Cc2c(O[C@@H]3O[C@H](COC(=O)OC(C)C)[C@@H](O)[C@H](O)[C@H]3O)nn(C(C)C)c2C)c1. The minimum atomic E-state index is -1.58. The van der Waals surface area contributed by atoms with Gasteiger partial charge in [-0.1, -0.05) is 0 Å². The Bertz CT molecular complexity index is 972. The predicted octanol–water partition coefficient (Wildman–Crippen LogP) is 2.48. The van der Waals surface area contributed by atoms with Crippen molar-refractivity contribution in [2.75, 3.05) is 6.61 Å². The number of carbonyl (C=O) groups excluding carboxylic acids is 1. The predicted molar refractivity (Wildman–Crippen MR) is 124 cm³/mol. The molecule has 3 heterocycles. The van der Waals surface area contributed by atoms with Crippen molar-refractivity contribution in [2.45, 2.75) is 90.8 Å². The molecule has 0 bridgehead atoms. The molecule has 1 aliphatic rings. The van der Waals surface area contributed by atoms with Crippen molar-refractivity contribution in [3.8, 4) is 5.88 Å². The van der Waals surface area contributed by atoms with Gasteiger partial charge in [-0.3, -0.25) is 4.68 Å². The molecule has 0 spiro atoms. The molecular formula is C23H34N2O8S. The number of aliphatic hydroxyl groups excluding tert-OH is 3. The highest BCUT2D eigenvalue weighted by molar-refractivity contribution is 7.10. The molecule has 0 aliphatic carbocycles. The van der Waals surface area contributed by atoms with Gasteiger partial charge in [-0.25, -0.2) is 4.79 Å². The Labute approximate surface area is 203 Å². The molecule has 0 radical (unpaired) electrons. The molecule has 0 unspecified atom stereocenters. The van der Waals surface area contributed by atoms with Crippen LogP contribution in [0.1, 0.15) is 55.4 Å². The molecule has 1 fully saturated rings. The highest BCUT2D eigenvalue weighted by Crippen LogP contribution is 2.32. The van der Waals surface area contributed by atoms with Crippen LogP contribution < -0.4 is 4.74 Å². The number of carbonyl (C=O) groups is 1. The summed E-state index contributed by atoms with van der Waals surface area (Å²) in [5.41, 5.74) is 2.91. The molecule has 2 aromatic heterocycles. The van der Waals surface area contributed by atoms with E-state index in [1.165, 1.54) is 5.56 Å². The fraction of sp³-hybridized carbons (Fsp3) is 0.652. The van der Waals surface area contributed by atoms with E-state index >= 15 is 0 Å². The number of hydrogen-bond acceptors (Lipinski definition) is 10. The largest absolute Gasteiger partial charge is 0.508 e. The van der Waals surface area contributed by atoms with E-state index in [-0.39, 0.29) is 18.0 Å². The third-order valence-corrected chi connectivity index (χ3v) is 6.51. The molecule has 0 aromatic carbocycles. The van der Waals surface area contributed by atoms with Crippen molar-refractivity contribution in [1.82, 2.24) is 9.78 Å². The van der Waals surface area contributed by atoms with Crippen molar-refractivity contribution in [3.63, 3.8) is 0 Å². The lowest BCUT2D eigenvalue weighted by Crippen LogP contribution is -2.60. The van der Waals surface area contributed by atoms with Crippen molar-refractivity contribution in [3.05, 3.63) is 33.1 Å². The zero-order chi connectivity index (χ0) is 25.2. The fourth-order valence-electron chi connectivity index (χ4n) is 3.72. The molecule has 0 saturated carbocycles. The first-order valence-electron chi connectivity index (χ1n) is 11.3. The number of hydrogen-bond donors (Lipinski definition) is 3. The molecule has 190 valence electrons. The summed E-state index contributed by atoms with van der Waals surface area (Å²) < 4.78 is 23.4. The monoisotopic (exact) mass is 498 g/mol. The summed E-state index contributed by atoms with van der Waals surface area (Å²) in [7, 11) is 0. The van der Waals surface area contributed by atoms with Crippen molar-refractivity contribution in [1.29, 1.82) is 0 Å². The molecule has 3 N–H and O–H groups in total. The first-order valence-corrected chi connectivity index (χ1v) is 12.2. The van der Waals surface area contributed by atoms with Gasteiger partial charge in [0.2, 0.25) is 12.2 Å². The summed E-state index contributed by atoms with van der Waals surface area (Å²) in [5.74, 6) is 0.267. The zero-order valence-electron chi connectivity index (χ0n) is 20.3. The van der Waals surface area contributed by atoms with E-state index in [0.29, 0.717) is 6.42 Å². The summed E-state index contributed by atoms with van der Waals surface area (Å²) in [6, 6.07) is 2.16. The van der Waals surface area contributed by atoms with Crippen LogP contribution in [0.4, 0.5) is 4.79 Å². The van der Waals surface area contributed by atoms with Crippen LogP contribution in [0.5, 0.6) is 5.88 Å². The number of aromatic nitrogens is 2. The van der Waals surface area contributed by atoms with Gasteiger partial charge in [-0.15, -0.1) is 16.4 Å². The standard InChI is InChI=1S/C23H34N2O8S/c1-11(2)25-14(6)16(8-15-7-13(5)10-34-15)21(24-25)33-22-20(28)19(27)18(26)17(32-22)9-30-23(29)31-12(3)4/h7,10-12,17-20,22,26-28H,8-9H2,1-6H3/t17-,18-,19+,20-,22+/m1/s1. The number of rotatable bonds is 8. The number of ether oxygens (including phenoxy) is 4. The van der Waals surface area contributed by atoms with Crippen LogP contribution in [0.15, 0.2) is 11.4 Å². The second kappa shape index (κ2) is 11.0. The average Bonchev–Trinajstić information content (AvgIpc) is 3.30. The number of nitrogens with zero attached hydrogens (tertiary/aromatic N) is 2. The van der Waals surface area contributed by atoms with E-state index < -0.39 is 43.5 Å². The van der Waals surface area contributed by atoms with Gasteiger partial charge >= 0.3 is 6.16 Å². The highest BCUT2D eigenvalue weighted by Gasteiger charge is 2.46. The molecule has 1 aliphatic heterocycles. The van der Waals surface area contributed by atoms with E-state index in [2.05, 4.69) is 16.5 Å². The quantitative estimate of drug-likeness (QED) is 0.470. The van der Waals surface area contributed by atoms with E-state index in [1.54, 1.807) is 25.2 Å². The normalized spacial score (nSPS) is 25.1. The molecule has 5 atom stereocenters. The minimum Gasteiger partial charge on any atom is -0.443 e. The Morgan fingerprint density at radius 3 is 2.47 bits per heavy atom. The molecule has 3 rings (SSSR count). The van der Waals surface area contributed by atoms with Crippen LogP contribution in [-0.2, 0) is 20.6 Å². The van der Waals surface area contributed by atoms with Gasteiger partial charge in [-0.05, 0) is 58.6 Å². The molecule has 2 aromatic rings. The summed E-state index contributed by atoms with van der Waals surface area (Å²) in [4.78, 5) is 12.8. The maximum Gasteiger partial charge on any atom is 0.508 e. The fourth-order valence-corrected chi connectivity index (χ4v) is 4.61. The van der Waals surface area contributed by atoms with Crippen LogP contribution >= 0.6 is 11.3 Å². The highest BCUT2D eigenvalue weighted by atomic mass is 32.1. The molecule has 1 saturated heterocycles. The van der Waals surface area contributed by atoms with Gasteiger partial charge in [-0.2, -0.15) is 0 Å². The molecular weight excluding hydrogens is 464 g/mol. The first-order chi connectivity index (χ1) is 16.0. The maximum atomic E-state index is 11.7. The van der Waals surface area contributed by atoms with Gasteiger partial charge in [0.05, 0.1) is 6.10 Å². The Hall–Kier alpha value is -2.18. The molecule has 34 heavy (non-hydrogen) atoms. The Balaban J connectivity index is 1.80. The van der Waals surface area contributed by atoms with Crippen molar-refractivity contribution in [2.24, 2.45) is 0 Å². The van der Waals surface area contributed by atoms with Crippen LogP contribution in [0.2, 0.25) is 0 Å². The van der Waals surface area contributed by atoms with Crippen LogP contribution in [0.3, 0.4) is 0 Å². The lowest BCUT2D eigenvalue weighted by Gasteiger charge is -2.39. The van der Waals surface area contributed by atoms with Crippen LogP contribution in [0.25, 0.3) is 0 Å². The maximum absolute atomic E-state index is 11.7. The third-order valence-electron chi connectivity index (χ3n) is 5.46. The van der Waals surface area contributed by atoms with Crippen LogP contribution in [0, 0.1) is 13.8 Å². The third kappa shape index (κ3) is 6.08. The van der Waals surface area contributed by atoms with Gasteiger partial charge in [0.1, 0.15) is 31.0 Å². The topological polar surface area (TPSA) is 133 Å². The smallest absolute Gasteiger partial charge is 0.443 e. The second-order valence-electron chi connectivity index (χ2n) is 9.03. The van der Waals surface area contributed by atoms with E-state index in [9.17, 15) is 20.1 Å². The Morgan fingerprint density at radius 2 is 1.88 bits per heavy atom. The summed E-state index contributed by atoms with van der Waals surface area (Å²) in [5, 5.41) is 37.9. The Kier molecular flexibility index (Phi) is 8.58. The van der Waals surface area contributed by atoms with Crippen molar-refractivity contribution < 1.29 is 39.1 Å². The van der Waals surface area contributed by atoms with Gasteiger partial charge < -0.3 is 34.3 Å². The summed E-state index contributed by atoms with van der Waals surface area (Å²) >= 11 is 1.63. The lowest BCUT2D eigenvalue weighted by atomic mass is 9.99.